The van der Waals surface area contributed by atoms with E-state index in [0.717, 1.165) is 39.5 Å². The molecule has 0 aliphatic heterocycles. The molecule has 0 radical (unpaired) electrons. The Morgan fingerprint density at radius 2 is 0.770 bits per heavy atom. The fraction of sp³-hybridized carbons (Fsp3) is 0. The van der Waals surface area contributed by atoms with Crippen LogP contribution in [0.3, 0.4) is 0 Å². The minimum Gasteiger partial charge on any atom is -0.309 e. The van der Waals surface area contributed by atoms with E-state index in [2.05, 4.69) is 251 Å². The van der Waals surface area contributed by atoms with Gasteiger partial charge in [0.15, 0.2) is 0 Å². The number of aromatic nitrogens is 2. The van der Waals surface area contributed by atoms with Crippen LogP contribution < -0.4 is 4.90 Å². The number of nitrogens with zero attached hydrogens (tertiary/aromatic N) is 3. The summed E-state index contributed by atoms with van der Waals surface area (Å²) in [7, 11) is 0. The van der Waals surface area contributed by atoms with Crippen molar-refractivity contribution < 1.29 is 0 Å². The molecule has 2 heterocycles. The lowest BCUT2D eigenvalue weighted by Crippen LogP contribution is -2.11. The van der Waals surface area contributed by atoms with Crippen molar-refractivity contribution in [2.24, 2.45) is 0 Å². The van der Waals surface area contributed by atoms with Crippen molar-refractivity contribution in [1.82, 2.24) is 9.13 Å². The summed E-state index contributed by atoms with van der Waals surface area (Å²) in [5.41, 5.74) is 15.0. The van der Waals surface area contributed by atoms with Gasteiger partial charge in [-0.2, -0.15) is 0 Å². The number of hydrogen-bond donors (Lipinski definition) is 0. The second kappa shape index (κ2) is 14.3. The standard InChI is InChI=1S/C58H39N3/c1-3-16-40(17-4-1)41-30-35-45(36-31-41)59(56-29-15-25-51-50-24-11-12-26-52(50)60(58(51)56)44-19-5-2-6-20-44)46-37-32-43(33-38-46)57-47-21-8-7-18-42(47)34-39-55(57)61-53-27-13-9-22-48(53)49-23-10-14-28-54(49)61/h1-39H. The third-order valence-electron chi connectivity index (χ3n) is 12.3. The Kier molecular flexibility index (Phi) is 8.17. The number of fused-ring (bicyclic) bond motifs is 7. The zero-order valence-corrected chi connectivity index (χ0v) is 33.4. The van der Waals surface area contributed by atoms with E-state index in [1.807, 2.05) is 0 Å². The highest BCUT2D eigenvalue weighted by molar-refractivity contribution is 6.15. The first-order chi connectivity index (χ1) is 30.3. The van der Waals surface area contributed by atoms with Crippen LogP contribution in [-0.4, -0.2) is 9.13 Å². The van der Waals surface area contributed by atoms with E-state index in [1.165, 1.54) is 65.6 Å². The van der Waals surface area contributed by atoms with Crippen molar-refractivity contribution in [1.29, 1.82) is 0 Å². The first-order valence-corrected chi connectivity index (χ1v) is 20.9. The lowest BCUT2D eigenvalue weighted by atomic mass is 9.95. The molecule has 3 heteroatoms. The van der Waals surface area contributed by atoms with E-state index in [-0.39, 0.29) is 0 Å². The minimum absolute atomic E-state index is 1.08. The van der Waals surface area contributed by atoms with Crippen molar-refractivity contribution in [2.45, 2.75) is 0 Å². The molecule has 0 aliphatic rings. The molecule has 12 aromatic rings. The molecule has 61 heavy (non-hydrogen) atoms. The Hall–Kier alpha value is -8.14. The summed E-state index contributed by atoms with van der Waals surface area (Å²) in [5.74, 6) is 0. The van der Waals surface area contributed by atoms with Gasteiger partial charge in [-0.15, -0.1) is 0 Å². The highest BCUT2D eigenvalue weighted by atomic mass is 15.2. The van der Waals surface area contributed by atoms with Gasteiger partial charge in [0.1, 0.15) is 0 Å². The molecular weight excluding hydrogens is 739 g/mol. The smallest absolute Gasteiger partial charge is 0.0782 e. The highest BCUT2D eigenvalue weighted by Crippen LogP contribution is 2.45. The van der Waals surface area contributed by atoms with E-state index >= 15 is 0 Å². The van der Waals surface area contributed by atoms with Crippen molar-refractivity contribution in [2.75, 3.05) is 4.90 Å². The summed E-state index contributed by atoms with van der Waals surface area (Å²) in [4.78, 5) is 2.43. The Morgan fingerprint density at radius 3 is 1.41 bits per heavy atom. The maximum absolute atomic E-state index is 2.45. The molecule has 0 fully saturated rings. The molecule has 10 aromatic carbocycles. The Bertz CT molecular complexity index is 3510. The first kappa shape index (κ1) is 34.9. The summed E-state index contributed by atoms with van der Waals surface area (Å²) in [6.45, 7) is 0. The fourth-order valence-corrected chi connectivity index (χ4v) is 9.60. The number of rotatable bonds is 7. The summed E-state index contributed by atoms with van der Waals surface area (Å²) >= 11 is 0. The summed E-state index contributed by atoms with van der Waals surface area (Å²) < 4.78 is 4.87. The van der Waals surface area contributed by atoms with Gasteiger partial charge < -0.3 is 14.0 Å². The molecule has 0 atom stereocenters. The molecule has 0 spiro atoms. The molecule has 12 rings (SSSR count). The second-order valence-electron chi connectivity index (χ2n) is 15.7. The number of benzene rings is 10. The third-order valence-corrected chi connectivity index (χ3v) is 12.3. The monoisotopic (exact) mass is 777 g/mol. The number of hydrogen-bond acceptors (Lipinski definition) is 1. The van der Waals surface area contributed by atoms with Crippen LogP contribution in [0.2, 0.25) is 0 Å². The van der Waals surface area contributed by atoms with Crippen LogP contribution in [0.15, 0.2) is 237 Å². The topological polar surface area (TPSA) is 13.1 Å². The van der Waals surface area contributed by atoms with E-state index in [1.54, 1.807) is 0 Å². The first-order valence-electron chi connectivity index (χ1n) is 20.9. The van der Waals surface area contributed by atoms with Crippen LogP contribution in [0.1, 0.15) is 0 Å². The van der Waals surface area contributed by atoms with Crippen LogP contribution >= 0.6 is 0 Å². The molecule has 0 bridgehead atoms. The molecule has 0 amide bonds. The molecule has 0 aliphatic carbocycles. The maximum atomic E-state index is 2.45. The molecule has 0 N–H and O–H groups in total. The van der Waals surface area contributed by atoms with Gasteiger partial charge in [0.25, 0.3) is 0 Å². The Balaban J connectivity index is 1.09. The maximum Gasteiger partial charge on any atom is 0.0782 e. The molecule has 3 nitrogen and oxygen atoms in total. The predicted molar refractivity (Wildman–Crippen MR) is 258 cm³/mol. The largest absolute Gasteiger partial charge is 0.309 e. The van der Waals surface area contributed by atoms with Gasteiger partial charge in [0.2, 0.25) is 0 Å². The molecule has 0 saturated heterocycles. The summed E-state index contributed by atoms with van der Waals surface area (Å²) in [5, 5.41) is 7.39. The predicted octanol–water partition coefficient (Wildman–Crippen LogP) is 15.8. The molecule has 286 valence electrons. The van der Waals surface area contributed by atoms with Gasteiger partial charge in [-0.3, -0.25) is 0 Å². The number of para-hydroxylation sites is 5. The summed E-state index contributed by atoms with van der Waals surface area (Å²) in [6.07, 6.45) is 0. The minimum atomic E-state index is 1.08. The third kappa shape index (κ3) is 5.66. The van der Waals surface area contributed by atoms with E-state index in [0.29, 0.717) is 0 Å². The van der Waals surface area contributed by atoms with Gasteiger partial charge in [0.05, 0.1) is 33.4 Å². The van der Waals surface area contributed by atoms with Gasteiger partial charge >= 0.3 is 0 Å². The molecule has 0 unspecified atom stereocenters. The summed E-state index contributed by atoms with van der Waals surface area (Å²) in [6, 6.07) is 85.9. The van der Waals surface area contributed by atoms with Crippen LogP contribution in [0.4, 0.5) is 17.1 Å². The number of anilines is 3. The molecular formula is C58H39N3. The SMILES string of the molecule is c1ccc(-c2ccc(N(c3ccc(-c4c(-n5c6ccccc6c6ccccc65)ccc5ccccc45)cc3)c3cccc4c5ccccc5n(-c5ccccc5)c34)cc2)cc1. The normalized spacial score (nSPS) is 11.6. The van der Waals surface area contributed by atoms with E-state index in [9.17, 15) is 0 Å². The lowest BCUT2D eigenvalue weighted by Gasteiger charge is -2.27. The van der Waals surface area contributed by atoms with Crippen molar-refractivity contribution >= 4 is 71.4 Å². The van der Waals surface area contributed by atoms with Gasteiger partial charge in [-0.05, 0) is 94.2 Å². The van der Waals surface area contributed by atoms with Crippen LogP contribution in [0.25, 0.3) is 88.0 Å². The van der Waals surface area contributed by atoms with E-state index < -0.39 is 0 Å². The Labute approximate surface area is 354 Å². The van der Waals surface area contributed by atoms with Gasteiger partial charge in [0, 0.05) is 44.2 Å². The zero-order chi connectivity index (χ0) is 40.3. The van der Waals surface area contributed by atoms with Crippen molar-refractivity contribution in [3.8, 4) is 33.6 Å². The van der Waals surface area contributed by atoms with Gasteiger partial charge in [-0.1, -0.05) is 170 Å². The zero-order valence-electron chi connectivity index (χ0n) is 33.4. The van der Waals surface area contributed by atoms with Crippen LogP contribution in [0, 0.1) is 0 Å². The van der Waals surface area contributed by atoms with E-state index in [4.69, 9.17) is 0 Å². The van der Waals surface area contributed by atoms with Gasteiger partial charge in [-0.25, -0.2) is 0 Å². The lowest BCUT2D eigenvalue weighted by molar-refractivity contribution is 1.17. The average Bonchev–Trinajstić information content (AvgIpc) is 3.86. The molecule has 2 aromatic heterocycles. The van der Waals surface area contributed by atoms with Crippen molar-refractivity contribution in [3.63, 3.8) is 0 Å². The quantitative estimate of drug-likeness (QED) is 0.157. The molecule has 0 saturated carbocycles. The Morgan fingerprint density at radius 1 is 0.295 bits per heavy atom. The van der Waals surface area contributed by atoms with Crippen molar-refractivity contribution in [3.05, 3.63) is 237 Å². The van der Waals surface area contributed by atoms with Crippen LogP contribution in [0.5, 0.6) is 0 Å². The fourth-order valence-electron chi connectivity index (χ4n) is 9.60. The second-order valence-corrected chi connectivity index (χ2v) is 15.7. The average molecular weight is 778 g/mol. The van der Waals surface area contributed by atoms with Crippen LogP contribution in [-0.2, 0) is 0 Å². The highest BCUT2D eigenvalue weighted by Gasteiger charge is 2.23.